The number of nitrogens with zero attached hydrogens (tertiary/aromatic N) is 2. The molecule has 1 atom stereocenters. The molecule has 1 unspecified atom stereocenters. The molecule has 1 aliphatic carbocycles. The Kier molecular flexibility index (Phi) is 11.5. The highest BCUT2D eigenvalue weighted by Crippen LogP contribution is 2.41. The van der Waals surface area contributed by atoms with E-state index in [4.69, 9.17) is 9.47 Å². The molecule has 4 nitrogen and oxygen atoms in total. The maximum Gasteiger partial charge on any atom is 0.161 e. The van der Waals surface area contributed by atoms with Crippen molar-refractivity contribution in [1.29, 1.82) is 5.26 Å². The molecule has 0 N–H and O–H groups in total. The van der Waals surface area contributed by atoms with Crippen LogP contribution in [-0.2, 0) is 5.41 Å². The molecule has 0 spiro atoms. The summed E-state index contributed by atoms with van der Waals surface area (Å²) in [6.45, 7) is 5.35. The largest absolute Gasteiger partial charge is 0.493 e. The zero-order valence-electron chi connectivity index (χ0n) is 25.9. The van der Waals surface area contributed by atoms with E-state index in [0.29, 0.717) is 11.5 Å². The third-order valence-corrected chi connectivity index (χ3v) is 9.15. The first kappa shape index (κ1) is 32.4. The Balaban J connectivity index is 0.00000423. The quantitative estimate of drug-likeness (QED) is 0.162. The van der Waals surface area contributed by atoms with E-state index in [1.807, 2.05) is 12.1 Å². The van der Waals surface area contributed by atoms with E-state index in [1.165, 1.54) is 27.8 Å². The maximum atomic E-state index is 10.6. The molecule has 43 heavy (non-hydrogen) atoms. The number of nitriles is 1. The summed E-state index contributed by atoms with van der Waals surface area (Å²) in [4.78, 5) is 2.60. The zero-order valence-corrected chi connectivity index (χ0v) is 26.7. The third kappa shape index (κ3) is 7.18. The Labute approximate surface area is 264 Å². The predicted molar refractivity (Wildman–Crippen MR) is 181 cm³/mol. The number of fused-ring (bicyclic) bond motifs is 2. The van der Waals surface area contributed by atoms with Crippen LogP contribution in [0, 0.1) is 11.3 Å². The van der Waals surface area contributed by atoms with Crippen LogP contribution < -0.4 is 9.47 Å². The molecule has 1 aliphatic heterocycles. The topological polar surface area (TPSA) is 45.5 Å². The van der Waals surface area contributed by atoms with E-state index in [0.717, 1.165) is 76.6 Å². The van der Waals surface area contributed by atoms with Crippen LogP contribution in [0.5, 0.6) is 11.5 Å². The smallest absolute Gasteiger partial charge is 0.161 e. The average molecular weight is 597 g/mol. The summed E-state index contributed by atoms with van der Waals surface area (Å²) in [5.74, 6) is 1.40. The van der Waals surface area contributed by atoms with Crippen LogP contribution in [0.2, 0.25) is 0 Å². The molecule has 3 aromatic rings. The minimum atomic E-state index is -0.515. The lowest BCUT2D eigenvalue weighted by atomic mass is 9.74. The number of likely N-dealkylation sites (tertiary alicyclic amines) is 1. The van der Waals surface area contributed by atoms with Gasteiger partial charge in [0.2, 0.25) is 0 Å². The van der Waals surface area contributed by atoms with Gasteiger partial charge in [0.25, 0.3) is 0 Å². The van der Waals surface area contributed by atoms with Crippen LogP contribution in [0.25, 0.3) is 17.7 Å². The van der Waals surface area contributed by atoms with Crippen molar-refractivity contribution < 1.29 is 9.47 Å². The van der Waals surface area contributed by atoms with Crippen LogP contribution in [0.1, 0.15) is 86.1 Å². The summed E-state index contributed by atoms with van der Waals surface area (Å²) in [5, 5.41) is 10.6. The Hall–Kier alpha value is -3.52. The van der Waals surface area contributed by atoms with Crippen LogP contribution in [0.15, 0.2) is 72.3 Å². The van der Waals surface area contributed by atoms with Gasteiger partial charge in [-0.2, -0.15) is 5.26 Å². The molecule has 2 aliphatic rings. The first-order valence-electron chi connectivity index (χ1n) is 15.6. The first-order chi connectivity index (χ1) is 20.6. The molecule has 0 amide bonds. The van der Waals surface area contributed by atoms with Crippen LogP contribution in [-0.4, -0.2) is 38.8 Å². The van der Waals surface area contributed by atoms with Crippen molar-refractivity contribution >= 4 is 30.1 Å². The molecule has 0 aromatic heterocycles. The zero-order chi connectivity index (χ0) is 29.4. The van der Waals surface area contributed by atoms with Crippen LogP contribution >= 0.6 is 12.4 Å². The van der Waals surface area contributed by atoms with Gasteiger partial charge in [0.05, 0.1) is 25.7 Å². The number of hydrogen-bond donors (Lipinski definition) is 0. The number of benzene rings is 3. The van der Waals surface area contributed by atoms with Gasteiger partial charge in [0.1, 0.15) is 0 Å². The van der Waals surface area contributed by atoms with Gasteiger partial charge in [-0.1, -0.05) is 98.5 Å². The van der Waals surface area contributed by atoms with Gasteiger partial charge in [0.15, 0.2) is 11.5 Å². The number of hydrogen-bond acceptors (Lipinski definition) is 4. The summed E-state index contributed by atoms with van der Waals surface area (Å²) < 4.78 is 11.1. The van der Waals surface area contributed by atoms with E-state index in [2.05, 4.69) is 84.6 Å². The normalized spacial score (nSPS) is 15.8. The molecule has 1 saturated heterocycles. The van der Waals surface area contributed by atoms with Gasteiger partial charge in [-0.3, -0.25) is 0 Å². The minimum Gasteiger partial charge on any atom is -0.493 e. The summed E-state index contributed by atoms with van der Waals surface area (Å²) in [6.07, 6.45) is 12.7. The van der Waals surface area contributed by atoms with Gasteiger partial charge in [-0.15, -0.1) is 12.4 Å². The number of unbranched alkanes of at least 4 members (excludes halogenated alkanes) is 2. The average Bonchev–Trinajstić information content (AvgIpc) is 3.21. The fraction of sp³-hybridized carbons (Fsp3) is 0.395. The van der Waals surface area contributed by atoms with E-state index in [1.54, 1.807) is 19.8 Å². The Morgan fingerprint density at radius 2 is 1.40 bits per heavy atom. The SMILES string of the molecule is CCCCCC(C#N)(CCCN1CCC(=C2c3ccccc3C=Cc3ccccc32)CC1)c1ccc(OC)c(OC)c1.Cl. The first-order valence-corrected chi connectivity index (χ1v) is 15.6. The molecular formula is C38H45ClN2O2. The fourth-order valence-electron chi connectivity index (χ4n) is 6.75. The van der Waals surface area contributed by atoms with E-state index in [-0.39, 0.29) is 12.4 Å². The van der Waals surface area contributed by atoms with Crippen molar-refractivity contribution in [2.75, 3.05) is 33.9 Å². The second kappa shape index (κ2) is 15.3. The number of piperidine rings is 1. The Bertz CT molecular complexity index is 1430. The molecule has 0 radical (unpaired) electrons. The lowest BCUT2D eigenvalue weighted by Gasteiger charge is -2.32. The summed E-state index contributed by atoms with van der Waals surface area (Å²) in [6, 6.07) is 26.4. The second-order valence-corrected chi connectivity index (χ2v) is 11.7. The van der Waals surface area contributed by atoms with Crippen LogP contribution in [0.4, 0.5) is 0 Å². The predicted octanol–water partition coefficient (Wildman–Crippen LogP) is 9.33. The van der Waals surface area contributed by atoms with Crippen molar-refractivity contribution in [3.8, 4) is 17.6 Å². The van der Waals surface area contributed by atoms with Crippen molar-refractivity contribution in [2.45, 2.75) is 63.7 Å². The highest BCUT2D eigenvalue weighted by molar-refractivity contribution is 5.94. The molecule has 226 valence electrons. The molecule has 1 fully saturated rings. The molecule has 3 aromatic carbocycles. The molecule has 5 heteroatoms. The molecular weight excluding hydrogens is 552 g/mol. The van der Waals surface area contributed by atoms with Crippen LogP contribution in [0.3, 0.4) is 0 Å². The second-order valence-electron chi connectivity index (χ2n) is 11.7. The van der Waals surface area contributed by atoms with Gasteiger partial charge in [-0.05, 0) is 84.2 Å². The number of halogens is 1. The number of methoxy groups -OCH3 is 2. The summed E-state index contributed by atoms with van der Waals surface area (Å²) in [7, 11) is 3.32. The molecule has 1 heterocycles. The molecule has 0 bridgehead atoms. The monoisotopic (exact) mass is 596 g/mol. The molecule has 0 saturated carbocycles. The van der Waals surface area contributed by atoms with E-state index < -0.39 is 5.41 Å². The summed E-state index contributed by atoms with van der Waals surface area (Å²) in [5.41, 5.74) is 8.81. The summed E-state index contributed by atoms with van der Waals surface area (Å²) >= 11 is 0. The van der Waals surface area contributed by atoms with Crippen molar-refractivity contribution in [1.82, 2.24) is 4.90 Å². The van der Waals surface area contributed by atoms with Gasteiger partial charge < -0.3 is 14.4 Å². The number of ether oxygens (including phenoxy) is 2. The standard InChI is InChI=1S/C38H44N2O2.ClH/c1-4-5-10-22-38(28-39,32-18-19-35(41-2)36(27-32)42-3)23-11-24-40-25-20-31(21-26-40)37-33-14-8-6-12-29(33)16-17-30-13-7-9-15-34(30)37;/h6-9,12-19,27H,4-5,10-11,20-26H2,1-3H3;1H. The minimum absolute atomic E-state index is 0. The van der Waals surface area contributed by atoms with Crippen molar-refractivity contribution in [2.24, 2.45) is 0 Å². The van der Waals surface area contributed by atoms with Crippen molar-refractivity contribution in [3.63, 3.8) is 0 Å². The van der Waals surface area contributed by atoms with E-state index >= 15 is 0 Å². The highest BCUT2D eigenvalue weighted by Gasteiger charge is 2.33. The van der Waals surface area contributed by atoms with E-state index in [9.17, 15) is 5.26 Å². The Morgan fingerprint density at radius 1 is 0.791 bits per heavy atom. The van der Waals surface area contributed by atoms with Gasteiger partial charge >= 0.3 is 0 Å². The maximum absolute atomic E-state index is 10.6. The lowest BCUT2D eigenvalue weighted by Crippen LogP contribution is -2.33. The van der Waals surface area contributed by atoms with Gasteiger partial charge in [-0.25, -0.2) is 0 Å². The number of rotatable bonds is 11. The third-order valence-electron chi connectivity index (χ3n) is 9.15. The Morgan fingerprint density at radius 3 is 1.98 bits per heavy atom. The molecule has 5 rings (SSSR count). The van der Waals surface area contributed by atoms with Crippen molar-refractivity contribution in [3.05, 3.63) is 100 Å². The lowest BCUT2D eigenvalue weighted by molar-refractivity contribution is 0.243. The fourth-order valence-corrected chi connectivity index (χ4v) is 6.75. The van der Waals surface area contributed by atoms with Gasteiger partial charge in [0, 0.05) is 13.1 Å². The highest BCUT2D eigenvalue weighted by atomic mass is 35.5.